The first-order valence-electron chi connectivity index (χ1n) is 12.1. The second-order valence-corrected chi connectivity index (χ2v) is 9.41. The van der Waals surface area contributed by atoms with Crippen molar-refractivity contribution >= 4 is 34.9 Å². The molecule has 1 aromatic heterocycles. The van der Waals surface area contributed by atoms with Gasteiger partial charge < -0.3 is 15.0 Å². The Labute approximate surface area is 220 Å². The smallest absolute Gasteiger partial charge is 0.248 e. The number of ether oxygens (including phenoxy) is 1. The number of hydrogen-bond acceptors (Lipinski definition) is 5. The van der Waals surface area contributed by atoms with Crippen molar-refractivity contribution in [3.63, 3.8) is 0 Å². The topological polar surface area (TPSA) is 67.4 Å². The van der Waals surface area contributed by atoms with Gasteiger partial charge in [-0.25, -0.2) is 14.4 Å². The van der Waals surface area contributed by atoms with E-state index < -0.39 is 18.8 Å². The Morgan fingerprint density at radius 1 is 1.08 bits per heavy atom. The van der Waals surface area contributed by atoms with Crippen molar-refractivity contribution in [1.82, 2.24) is 14.9 Å². The van der Waals surface area contributed by atoms with Gasteiger partial charge in [0.1, 0.15) is 24.6 Å². The Kier molecular flexibility index (Phi) is 8.77. The van der Waals surface area contributed by atoms with Crippen LogP contribution < -0.4 is 5.32 Å². The van der Waals surface area contributed by atoms with Crippen molar-refractivity contribution in [1.29, 1.82) is 0 Å². The zero-order valence-electron chi connectivity index (χ0n) is 20.3. The van der Waals surface area contributed by atoms with Gasteiger partial charge in [0.05, 0.1) is 28.7 Å². The summed E-state index contributed by atoms with van der Waals surface area (Å²) in [6.07, 6.45) is 0.682. The molecule has 1 saturated heterocycles. The molecule has 36 heavy (non-hydrogen) atoms. The quantitative estimate of drug-likeness (QED) is 0.361. The molecular weight excluding hydrogens is 502 g/mol. The second-order valence-electron chi connectivity index (χ2n) is 8.57. The van der Waals surface area contributed by atoms with E-state index >= 15 is 0 Å². The number of aryl methyl sites for hydroxylation is 2. The third-order valence-electron chi connectivity index (χ3n) is 6.16. The molecule has 0 aliphatic carbocycles. The molecule has 3 aromatic rings. The van der Waals surface area contributed by atoms with Gasteiger partial charge in [-0.1, -0.05) is 67.4 Å². The fourth-order valence-electron chi connectivity index (χ4n) is 4.37. The van der Waals surface area contributed by atoms with Crippen LogP contribution in [0.3, 0.4) is 0 Å². The van der Waals surface area contributed by atoms with Gasteiger partial charge in [0.25, 0.3) is 0 Å². The Hall–Kier alpha value is -2.74. The average molecular weight is 531 g/mol. The molecule has 1 aliphatic rings. The molecule has 190 valence electrons. The fourth-order valence-corrected chi connectivity index (χ4v) is 4.87. The molecule has 2 heterocycles. The summed E-state index contributed by atoms with van der Waals surface area (Å²) in [5.74, 6) is 0.409. The maximum atomic E-state index is 13.4. The summed E-state index contributed by atoms with van der Waals surface area (Å²) in [6.45, 7) is 4.08. The molecular formula is C27H29Cl2FN4O2. The molecule has 0 radical (unpaired) electrons. The van der Waals surface area contributed by atoms with Crippen LogP contribution in [0.15, 0.2) is 48.5 Å². The van der Waals surface area contributed by atoms with Crippen molar-refractivity contribution in [3.8, 4) is 11.3 Å². The maximum Gasteiger partial charge on any atom is 0.248 e. The van der Waals surface area contributed by atoms with Crippen molar-refractivity contribution in [2.24, 2.45) is 0 Å². The van der Waals surface area contributed by atoms with Gasteiger partial charge in [0.15, 0.2) is 0 Å². The minimum Gasteiger partial charge on any atom is -0.371 e. The van der Waals surface area contributed by atoms with Gasteiger partial charge in [-0.05, 0) is 36.6 Å². The minimum atomic E-state index is -0.700. The van der Waals surface area contributed by atoms with Gasteiger partial charge in [-0.3, -0.25) is 4.79 Å². The maximum absolute atomic E-state index is 13.4. The van der Waals surface area contributed by atoms with Gasteiger partial charge in [0, 0.05) is 23.7 Å². The van der Waals surface area contributed by atoms with E-state index in [9.17, 15) is 9.18 Å². The molecule has 2 atom stereocenters. The van der Waals surface area contributed by atoms with Crippen LogP contribution in [0.25, 0.3) is 11.3 Å². The number of anilines is 1. The van der Waals surface area contributed by atoms with Crippen molar-refractivity contribution in [2.75, 3.05) is 25.1 Å². The van der Waals surface area contributed by atoms with Crippen LogP contribution in [0.5, 0.6) is 0 Å². The number of carbonyl (C=O) groups excluding carboxylic acids is 1. The average Bonchev–Trinajstić information content (AvgIpc) is 3.17. The Morgan fingerprint density at radius 3 is 2.50 bits per heavy atom. The largest absolute Gasteiger partial charge is 0.371 e. The molecule has 1 aliphatic heterocycles. The first-order valence-corrected chi connectivity index (χ1v) is 12.8. The molecule has 1 fully saturated rings. The lowest BCUT2D eigenvalue weighted by Gasteiger charge is -2.21. The van der Waals surface area contributed by atoms with E-state index in [-0.39, 0.29) is 12.5 Å². The zero-order valence-corrected chi connectivity index (χ0v) is 21.8. The van der Waals surface area contributed by atoms with Crippen LogP contribution in [0.4, 0.5) is 10.2 Å². The number of nitrogens with zero attached hydrogens (tertiary/aromatic N) is 3. The molecule has 2 unspecified atom stereocenters. The van der Waals surface area contributed by atoms with Gasteiger partial charge in [0.2, 0.25) is 5.91 Å². The van der Waals surface area contributed by atoms with E-state index in [0.29, 0.717) is 53.2 Å². The summed E-state index contributed by atoms with van der Waals surface area (Å²) in [5.41, 5.74) is 3.90. The highest BCUT2D eigenvalue weighted by atomic mass is 35.5. The Morgan fingerprint density at radius 2 is 1.83 bits per heavy atom. The lowest BCUT2D eigenvalue weighted by Crippen LogP contribution is -2.39. The van der Waals surface area contributed by atoms with Crippen LogP contribution >= 0.6 is 23.2 Å². The Bertz CT molecular complexity index is 1210. The monoisotopic (exact) mass is 530 g/mol. The normalized spacial score (nSPS) is 17.6. The predicted octanol–water partition coefficient (Wildman–Crippen LogP) is 5.75. The zero-order chi connectivity index (χ0) is 25.7. The van der Waals surface area contributed by atoms with E-state index in [0.717, 1.165) is 16.8 Å². The lowest BCUT2D eigenvalue weighted by atomic mass is 10.1. The number of likely N-dealkylation sites (tertiary alicyclic amines) is 1. The Balaban J connectivity index is 1.65. The molecule has 1 amide bonds. The third-order valence-corrected chi connectivity index (χ3v) is 6.71. The number of halogens is 3. The number of nitrogens with one attached hydrogen (secondary N) is 1. The standard InChI is InChI=1S/C27H29Cl2FN4O2/c1-3-21-24(19-11-10-18(28)14-20(19)29)31-22(4-2)26(32-21)33-25-23(36-13-12-30)16-34(27(25)35)15-17-8-6-5-7-9-17/h5-11,14,23,25H,3-4,12-13,15-16H2,1-2H3,(H,32,33). The van der Waals surface area contributed by atoms with Gasteiger partial charge in [-0.15, -0.1) is 0 Å². The SMILES string of the molecule is CCc1nc(-c2ccc(Cl)cc2Cl)c(CC)nc1NC1C(=O)N(Cc2ccccc2)CC1OCCF. The van der Waals surface area contributed by atoms with E-state index in [4.69, 9.17) is 37.9 Å². The molecule has 9 heteroatoms. The number of benzene rings is 2. The highest BCUT2D eigenvalue weighted by Gasteiger charge is 2.41. The summed E-state index contributed by atoms with van der Waals surface area (Å²) in [7, 11) is 0. The number of rotatable bonds is 10. The van der Waals surface area contributed by atoms with E-state index in [1.807, 2.05) is 50.2 Å². The fraction of sp³-hybridized carbons (Fsp3) is 0.370. The highest BCUT2D eigenvalue weighted by molar-refractivity contribution is 6.36. The number of aromatic nitrogens is 2. The van der Waals surface area contributed by atoms with Crippen molar-refractivity contribution < 1.29 is 13.9 Å². The number of alkyl halides is 1. The molecule has 6 nitrogen and oxygen atoms in total. The van der Waals surface area contributed by atoms with E-state index in [1.54, 1.807) is 17.0 Å². The number of amides is 1. The van der Waals surface area contributed by atoms with Crippen LogP contribution in [0.2, 0.25) is 10.0 Å². The van der Waals surface area contributed by atoms with Gasteiger partial charge >= 0.3 is 0 Å². The second kappa shape index (κ2) is 12.0. The van der Waals surface area contributed by atoms with Crippen molar-refractivity contribution in [2.45, 2.75) is 45.4 Å². The van der Waals surface area contributed by atoms with Crippen LogP contribution in [-0.2, 0) is 28.9 Å². The molecule has 0 saturated carbocycles. The minimum absolute atomic E-state index is 0.0736. The lowest BCUT2D eigenvalue weighted by molar-refractivity contribution is -0.129. The molecule has 0 spiro atoms. The molecule has 0 bridgehead atoms. The third kappa shape index (κ3) is 5.80. The summed E-state index contributed by atoms with van der Waals surface area (Å²) in [4.78, 5) is 24.9. The highest BCUT2D eigenvalue weighted by Crippen LogP contribution is 2.33. The summed E-state index contributed by atoms with van der Waals surface area (Å²) >= 11 is 12.6. The summed E-state index contributed by atoms with van der Waals surface area (Å²) in [6, 6.07) is 14.3. The van der Waals surface area contributed by atoms with Crippen molar-refractivity contribution in [3.05, 3.63) is 75.5 Å². The summed E-state index contributed by atoms with van der Waals surface area (Å²) in [5, 5.41) is 4.34. The first-order chi connectivity index (χ1) is 17.4. The van der Waals surface area contributed by atoms with Gasteiger partial charge in [-0.2, -0.15) is 0 Å². The molecule has 1 N–H and O–H groups in total. The number of hydrogen-bond donors (Lipinski definition) is 1. The number of carbonyl (C=O) groups is 1. The van der Waals surface area contributed by atoms with Crippen LogP contribution in [0, 0.1) is 0 Å². The molecule has 4 rings (SSSR count). The van der Waals surface area contributed by atoms with E-state index in [1.165, 1.54) is 0 Å². The summed E-state index contributed by atoms with van der Waals surface area (Å²) < 4.78 is 18.7. The predicted molar refractivity (Wildman–Crippen MR) is 141 cm³/mol. The van der Waals surface area contributed by atoms with Crippen LogP contribution in [-0.4, -0.2) is 52.7 Å². The molecule has 2 aromatic carbocycles. The van der Waals surface area contributed by atoms with E-state index in [2.05, 4.69) is 5.32 Å². The first kappa shape index (κ1) is 26.3. The van der Waals surface area contributed by atoms with Crippen LogP contribution in [0.1, 0.15) is 30.8 Å².